The van der Waals surface area contributed by atoms with Gasteiger partial charge in [-0.2, -0.15) is 0 Å². The molecule has 3 aromatic rings. The average Bonchev–Trinajstić information content (AvgIpc) is 2.73. The molecule has 1 atom stereocenters. The highest BCUT2D eigenvalue weighted by molar-refractivity contribution is 7.89. The van der Waals surface area contributed by atoms with Crippen LogP contribution in [-0.4, -0.2) is 38.0 Å². The van der Waals surface area contributed by atoms with Gasteiger partial charge in [0.15, 0.2) is 0 Å². The Hall–Kier alpha value is -2.51. The van der Waals surface area contributed by atoms with Crippen LogP contribution in [0.2, 0.25) is 0 Å². The van der Waals surface area contributed by atoms with Crippen molar-refractivity contribution in [2.45, 2.75) is 24.7 Å². The number of benzene rings is 2. The van der Waals surface area contributed by atoms with Crippen molar-refractivity contribution in [3.8, 4) is 0 Å². The van der Waals surface area contributed by atoms with Crippen LogP contribution in [0.15, 0.2) is 59.8 Å². The van der Waals surface area contributed by atoms with E-state index in [1.54, 1.807) is 30.6 Å². The van der Waals surface area contributed by atoms with Crippen LogP contribution in [0.3, 0.4) is 0 Å². The molecule has 0 bridgehead atoms. The molecule has 146 valence electrons. The monoisotopic (exact) mass is 396 g/mol. The topological polar surface area (TPSA) is 75.2 Å². The van der Waals surface area contributed by atoms with Crippen molar-refractivity contribution in [2.75, 3.05) is 24.5 Å². The second kappa shape index (κ2) is 7.85. The first-order valence-electron chi connectivity index (χ1n) is 9.54. The summed E-state index contributed by atoms with van der Waals surface area (Å²) < 4.78 is 27.8. The first kappa shape index (κ1) is 18.8. The van der Waals surface area contributed by atoms with Crippen LogP contribution in [0, 0.1) is 12.8 Å². The van der Waals surface area contributed by atoms with E-state index in [4.69, 9.17) is 0 Å². The fraction of sp³-hybridized carbons (Fsp3) is 0.333. The van der Waals surface area contributed by atoms with Gasteiger partial charge in [-0.05, 0) is 49.9 Å². The number of aryl methyl sites for hydroxylation is 1. The third-order valence-electron chi connectivity index (χ3n) is 5.20. The Morgan fingerprint density at radius 3 is 2.79 bits per heavy atom. The minimum Gasteiger partial charge on any atom is -0.356 e. The molecule has 28 heavy (non-hydrogen) atoms. The van der Waals surface area contributed by atoms with Crippen LogP contribution in [0.25, 0.3) is 10.9 Å². The summed E-state index contributed by atoms with van der Waals surface area (Å²) in [5, 5.41) is 1.05. The van der Waals surface area contributed by atoms with Crippen molar-refractivity contribution in [3.63, 3.8) is 0 Å². The van der Waals surface area contributed by atoms with Gasteiger partial charge in [0.2, 0.25) is 10.0 Å². The van der Waals surface area contributed by atoms with E-state index < -0.39 is 10.0 Å². The standard InChI is InChI=1S/C21H24N4O2S/c1-16-9-10-20-19(12-16)21(23-15-22-20)25-11-5-6-17(14-25)13-24-28(26,27)18-7-3-2-4-8-18/h2-4,7-10,12,15,17,24H,5-6,11,13-14H2,1H3. The summed E-state index contributed by atoms with van der Waals surface area (Å²) in [7, 11) is -3.48. The normalized spacial score (nSPS) is 17.8. The quantitative estimate of drug-likeness (QED) is 0.717. The lowest BCUT2D eigenvalue weighted by molar-refractivity contribution is 0.410. The van der Waals surface area contributed by atoms with Crippen LogP contribution >= 0.6 is 0 Å². The van der Waals surface area contributed by atoms with Gasteiger partial charge in [-0.3, -0.25) is 0 Å². The molecule has 2 heterocycles. The van der Waals surface area contributed by atoms with Crippen molar-refractivity contribution < 1.29 is 8.42 Å². The number of hydrogen-bond donors (Lipinski definition) is 1. The molecule has 1 saturated heterocycles. The molecule has 1 fully saturated rings. The second-order valence-corrected chi connectivity index (χ2v) is 9.10. The molecule has 7 heteroatoms. The molecule has 1 aliphatic rings. The molecule has 0 spiro atoms. The molecular weight excluding hydrogens is 372 g/mol. The molecule has 1 N–H and O–H groups in total. The number of hydrogen-bond acceptors (Lipinski definition) is 5. The Bertz CT molecular complexity index is 1070. The number of anilines is 1. The molecule has 0 saturated carbocycles. The summed E-state index contributed by atoms with van der Waals surface area (Å²) in [6.45, 7) is 4.18. The Morgan fingerprint density at radius 2 is 1.96 bits per heavy atom. The lowest BCUT2D eigenvalue weighted by atomic mass is 9.98. The Kier molecular flexibility index (Phi) is 5.28. The molecule has 1 unspecified atom stereocenters. The van der Waals surface area contributed by atoms with E-state index in [0.29, 0.717) is 11.4 Å². The van der Waals surface area contributed by atoms with E-state index in [2.05, 4.69) is 38.6 Å². The van der Waals surface area contributed by atoms with Gasteiger partial charge in [0.25, 0.3) is 0 Å². The summed E-state index contributed by atoms with van der Waals surface area (Å²) >= 11 is 0. The summed E-state index contributed by atoms with van der Waals surface area (Å²) in [5.74, 6) is 1.17. The smallest absolute Gasteiger partial charge is 0.240 e. The lowest BCUT2D eigenvalue weighted by Crippen LogP contribution is -2.41. The van der Waals surface area contributed by atoms with Crippen LogP contribution < -0.4 is 9.62 Å². The van der Waals surface area contributed by atoms with Crippen LogP contribution in [0.1, 0.15) is 18.4 Å². The Labute approximate surface area is 165 Å². The number of rotatable bonds is 5. The molecule has 2 aromatic carbocycles. The molecular formula is C21H24N4O2S. The average molecular weight is 397 g/mol. The van der Waals surface area contributed by atoms with Crippen molar-refractivity contribution in [1.82, 2.24) is 14.7 Å². The predicted molar refractivity (Wildman–Crippen MR) is 111 cm³/mol. The van der Waals surface area contributed by atoms with E-state index in [-0.39, 0.29) is 5.92 Å². The highest BCUT2D eigenvalue weighted by atomic mass is 32.2. The highest BCUT2D eigenvalue weighted by Crippen LogP contribution is 2.28. The number of fused-ring (bicyclic) bond motifs is 1. The number of sulfonamides is 1. The van der Waals surface area contributed by atoms with E-state index >= 15 is 0 Å². The van der Waals surface area contributed by atoms with Gasteiger partial charge in [0, 0.05) is 25.0 Å². The van der Waals surface area contributed by atoms with Gasteiger partial charge < -0.3 is 4.90 Å². The molecule has 0 aliphatic carbocycles. The van der Waals surface area contributed by atoms with Crippen molar-refractivity contribution in [1.29, 1.82) is 0 Å². The zero-order valence-corrected chi connectivity index (χ0v) is 16.7. The maximum absolute atomic E-state index is 12.5. The minimum absolute atomic E-state index is 0.238. The van der Waals surface area contributed by atoms with Crippen LogP contribution in [0.4, 0.5) is 5.82 Å². The first-order valence-corrected chi connectivity index (χ1v) is 11.0. The predicted octanol–water partition coefficient (Wildman–Crippen LogP) is 3.13. The van der Waals surface area contributed by atoms with Crippen molar-refractivity contribution >= 4 is 26.7 Å². The zero-order chi connectivity index (χ0) is 19.6. The number of piperidine rings is 1. The van der Waals surface area contributed by atoms with Gasteiger partial charge in [-0.25, -0.2) is 23.1 Å². The number of aromatic nitrogens is 2. The highest BCUT2D eigenvalue weighted by Gasteiger charge is 2.24. The SMILES string of the molecule is Cc1ccc2ncnc(N3CCCC(CNS(=O)(=O)c4ccccc4)C3)c2c1. The van der Waals surface area contributed by atoms with Gasteiger partial charge in [0.1, 0.15) is 12.1 Å². The Morgan fingerprint density at radius 1 is 1.14 bits per heavy atom. The van der Waals surface area contributed by atoms with Gasteiger partial charge in [-0.1, -0.05) is 29.8 Å². The summed E-state index contributed by atoms with van der Waals surface area (Å²) in [5.41, 5.74) is 2.11. The van der Waals surface area contributed by atoms with Gasteiger partial charge in [-0.15, -0.1) is 0 Å². The van der Waals surface area contributed by atoms with E-state index in [1.807, 2.05) is 12.1 Å². The van der Waals surface area contributed by atoms with Crippen LogP contribution in [-0.2, 0) is 10.0 Å². The zero-order valence-electron chi connectivity index (χ0n) is 15.9. The summed E-state index contributed by atoms with van der Waals surface area (Å²) in [6.07, 6.45) is 3.61. The maximum atomic E-state index is 12.5. The van der Waals surface area contributed by atoms with Gasteiger partial charge >= 0.3 is 0 Å². The molecule has 0 amide bonds. The second-order valence-electron chi connectivity index (χ2n) is 7.34. The maximum Gasteiger partial charge on any atom is 0.240 e. The van der Waals surface area contributed by atoms with Gasteiger partial charge in [0.05, 0.1) is 10.4 Å². The largest absolute Gasteiger partial charge is 0.356 e. The molecule has 1 aliphatic heterocycles. The third-order valence-corrected chi connectivity index (χ3v) is 6.64. The number of nitrogens with one attached hydrogen (secondary N) is 1. The van der Waals surface area contributed by atoms with E-state index in [0.717, 1.165) is 42.7 Å². The van der Waals surface area contributed by atoms with E-state index in [9.17, 15) is 8.42 Å². The van der Waals surface area contributed by atoms with Crippen molar-refractivity contribution in [3.05, 3.63) is 60.4 Å². The third kappa shape index (κ3) is 4.00. The lowest BCUT2D eigenvalue weighted by Gasteiger charge is -2.34. The molecule has 1 aromatic heterocycles. The molecule has 0 radical (unpaired) electrons. The molecule has 6 nitrogen and oxygen atoms in total. The summed E-state index contributed by atoms with van der Waals surface area (Å²) in [6, 6.07) is 14.7. The molecule has 4 rings (SSSR count). The van der Waals surface area contributed by atoms with E-state index in [1.165, 1.54) is 5.56 Å². The van der Waals surface area contributed by atoms with Crippen LogP contribution in [0.5, 0.6) is 0 Å². The number of nitrogens with zero attached hydrogens (tertiary/aromatic N) is 3. The Balaban J connectivity index is 1.49. The summed E-state index contributed by atoms with van der Waals surface area (Å²) in [4.78, 5) is 11.5. The fourth-order valence-electron chi connectivity index (χ4n) is 3.74. The van der Waals surface area contributed by atoms with Crippen molar-refractivity contribution in [2.24, 2.45) is 5.92 Å². The minimum atomic E-state index is -3.48. The first-order chi connectivity index (χ1) is 13.5. The fourth-order valence-corrected chi connectivity index (χ4v) is 4.88.